The predicted octanol–water partition coefficient (Wildman–Crippen LogP) is 0.953. The Morgan fingerprint density at radius 3 is 2.46 bits per heavy atom. The van der Waals surface area contributed by atoms with Crippen LogP contribution in [0.5, 0.6) is 0 Å². The van der Waals surface area contributed by atoms with Gasteiger partial charge >= 0.3 is 0 Å². The fourth-order valence-corrected chi connectivity index (χ4v) is 2.23. The second-order valence-electron chi connectivity index (χ2n) is 4.04. The van der Waals surface area contributed by atoms with E-state index in [-0.39, 0.29) is 12.2 Å². The molecule has 0 aromatic carbocycles. The van der Waals surface area contributed by atoms with Gasteiger partial charge in [0.25, 0.3) is 0 Å². The first-order chi connectivity index (χ1) is 6.36. The molecule has 1 N–H and O–H groups in total. The van der Waals surface area contributed by atoms with E-state index < -0.39 is 0 Å². The number of aliphatic hydroxyl groups excluding tert-OH is 1. The van der Waals surface area contributed by atoms with E-state index in [4.69, 9.17) is 9.47 Å². The molecule has 3 heteroatoms. The monoisotopic (exact) mass is 186 g/mol. The zero-order valence-corrected chi connectivity index (χ0v) is 7.95. The van der Waals surface area contributed by atoms with Gasteiger partial charge in [0.05, 0.1) is 12.2 Å². The first-order valence-corrected chi connectivity index (χ1v) is 5.23. The lowest BCUT2D eigenvalue weighted by atomic mass is 9.88. The maximum Gasteiger partial charge on any atom is 0.0629 e. The minimum absolute atomic E-state index is 0.137. The van der Waals surface area contributed by atoms with E-state index >= 15 is 0 Å². The van der Waals surface area contributed by atoms with Crippen LogP contribution in [0, 0.1) is 5.92 Å². The van der Waals surface area contributed by atoms with Gasteiger partial charge in [0.15, 0.2) is 0 Å². The van der Waals surface area contributed by atoms with Gasteiger partial charge in [0.1, 0.15) is 0 Å². The Morgan fingerprint density at radius 2 is 1.77 bits per heavy atom. The van der Waals surface area contributed by atoms with Gasteiger partial charge in [0.2, 0.25) is 0 Å². The Hall–Kier alpha value is -0.120. The van der Waals surface area contributed by atoms with Crippen LogP contribution in [0.2, 0.25) is 0 Å². The third-order valence-electron chi connectivity index (χ3n) is 3.08. The molecular weight excluding hydrogens is 168 g/mol. The molecule has 76 valence electrons. The lowest BCUT2D eigenvalue weighted by Crippen LogP contribution is -2.37. The molecule has 0 aliphatic carbocycles. The topological polar surface area (TPSA) is 38.7 Å². The lowest BCUT2D eigenvalue weighted by Gasteiger charge is -2.34. The molecule has 0 unspecified atom stereocenters. The van der Waals surface area contributed by atoms with Gasteiger partial charge in [-0.1, -0.05) is 0 Å². The van der Waals surface area contributed by atoms with Crippen molar-refractivity contribution in [2.75, 3.05) is 19.8 Å². The van der Waals surface area contributed by atoms with Crippen LogP contribution in [0.25, 0.3) is 0 Å². The van der Waals surface area contributed by atoms with Crippen LogP contribution in [0.1, 0.15) is 25.7 Å². The molecule has 2 rings (SSSR count). The largest absolute Gasteiger partial charge is 0.393 e. The second-order valence-corrected chi connectivity index (χ2v) is 4.04. The highest BCUT2D eigenvalue weighted by atomic mass is 16.5. The lowest BCUT2D eigenvalue weighted by molar-refractivity contribution is -0.0898. The first kappa shape index (κ1) is 9.44. The molecule has 2 saturated heterocycles. The van der Waals surface area contributed by atoms with Crippen LogP contribution in [0.3, 0.4) is 0 Å². The number of ether oxygens (including phenoxy) is 2. The third kappa shape index (κ3) is 2.42. The summed E-state index contributed by atoms with van der Waals surface area (Å²) in [6.07, 6.45) is 3.97. The zero-order valence-electron chi connectivity index (χ0n) is 7.95. The molecule has 0 saturated carbocycles. The minimum Gasteiger partial charge on any atom is -0.393 e. The standard InChI is InChI=1S/C10H18O3/c11-9-3-6-13-10(7-9)8-1-4-12-5-2-8/h8-11H,1-7H2/t9-,10+/m1/s1. The van der Waals surface area contributed by atoms with Gasteiger partial charge in [-0.15, -0.1) is 0 Å². The van der Waals surface area contributed by atoms with E-state index in [2.05, 4.69) is 0 Å². The number of rotatable bonds is 1. The van der Waals surface area contributed by atoms with Crippen molar-refractivity contribution < 1.29 is 14.6 Å². The van der Waals surface area contributed by atoms with E-state index in [1.807, 2.05) is 0 Å². The van der Waals surface area contributed by atoms with E-state index in [1.165, 1.54) is 0 Å². The van der Waals surface area contributed by atoms with Crippen LogP contribution >= 0.6 is 0 Å². The van der Waals surface area contributed by atoms with Crippen molar-refractivity contribution in [2.24, 2.45) is 5.92 Å². The molecule has 13 heavy (non-hydrogen) atoms. The summed E-state index contributed by atoms with van der Waals surface area (Å²) in [6, 6.07) is 0. The highest BCUT2D eigenvalue weighted by molar-refractivity contribution is 4.79. The smallest absolute Gasteiger partial charge is 0.0629 e. The van der Waals surface area contributed by atoms with E-state index in [9.17, 15) is 5.11 Å². The predicted molar refractivity (Wildman–Crippen MR) is 48.5 cm³/mol. The number of aliphatic hydroxyl groups is 1. The molecule has 2 fully saturated rings. The van der Waals surface area contributed by atoms with Gasteiger partial charge in [-0.25, -0.2) is 0 Å². The minimum atomic E-state index is -0.137. The van der Waals surface area contributed by atoms with Gasteiger partial charge in [-0.05, 0) is 31.6 Å². The van der Waals surface area contributed by atoms with Crippen molar-refractivity contribution in [1.82, 2.24) is 0 Å². The molecule has 0 bridgehead atoms. The third-order valence-corrected chi connectivity index (χ3v) is 3.08. The zero-order chi connectivity index (χ0) is 9.10. The number of hydrogen-bond acceptors (Lipinski definition) is 3. The molecule has 0 amide bonds. The molecule has 2 heterocycles. The molecule has 2 aliphatic rings. The summed E-state index contributed by atoms with van der Waals surface area (Å²) >= 11 is 0. The summed E-state index contributed by atoms with van der Waals surface area (Å²) in [5.74, 6) is 0.615. The van der Waals surface area contributed by atoms with Crippen molar-refractivity contribution in [3.05, 3.63) is 0 Å². The maximum absolute atomic E-state index is 9.50. The van der Waals surface area contributed by atoms with Crippen molar-refractivity contribution in [3.8, 4) is 0 Å². The quantitative estimate of drug-likeness (QED) is 0.662. The van der Waals surface area contributed by atoms with Crippen molar-refractivity contribution in [2.45, 2.75) is 37.9 Å². The van der Waals surface area contributed by atoms with Gasteiger partial charge in [0, 0.05) is 19.8 Å². The summed E-state index contributed by atoms with van der Waals surface area (Å²) in [5.41, 5.74) is 0. The average Bonchev–Trinajstić information content (AvgIpc) is 2.19. The molecule has 0 aromatic rings. The SMILES string of the molecule is O[C@@H]1CCO[C@H](C2CCOCC2)C1. The average molecular weight is 186 g/mol. The molecule has 0 radical (unpaired) electrons. The molecular formula is C10H18O3. The Bertz CT molecular complexity index is 154. The van der Waals surface area contributed by atoms with Crippen LogP contribution in [0.4, 0.5) is 0 Å². The van der Waals surface area contributed by atoms with Crippen LogP contribution in [-0.2, 0) is 9.47 Å². The normalized spacial score (nSPS) is 37.6. The van der Waals surface area contributed by atoms with Crippen molar-refractivity contribution >= 4 is 0 Å². The Kier molecular flexibility index (Phi) is 3.19. The summed E-state index contributed by atoms with van der Waals surface area (Å²) in [4.78, 5) is 0. The summed E-state index contributed by atoms with van der Waals surface area (Å²) in [7, 11) is 0. The first-order valence-electron chi connectivity index (χ1n) is 5.23. The Labute approximate surface area is 79.0 Å². The number of hydrogen-bond donors (Lipinski definition) is 1. The molecule has 2 atom stereocenters. The molecule has 3 nitrogen and oxygen atoms in total. The van der Waals surface area contributed by atoms with Crippen LogP contribution < -0.4 is 0 Å². The molecule has 0 aromatic heterocycles. The fourth-order valence-electron chi connectivity index (χ4n) is 2.23. The summed E-state index contributed by atoms with van der Waals surface area (Å²) in [5, 5.41) is 9.50. The summed E-state index contributed by atoms with van der Waals surface area (Å²) < 4.78 is 11.0. The van der Waals surface area contributed by atoms with Gasteiger partial charge in [-0.2, -0.15) is 0 Å². The van der Waals surface area contributed by atoms with E-state index in [0.29, 0.717) is 5.92 Å². The van der Waals surface area contributed by atoms with Crippen LogP contribution in [0.15, 0.2) is 0 Å². The highest BCUT2D eigenvalue weighted by Gasteiger charge is 2.29. The van der Waals surface area contributed by atoms with Gasteiger partial charge < -0.3 is 14.6 Å². The van der Waals surface area contributed by atoms with Crippen molar-refractivity contribution in [1.29, 1.82) is 0 Å². The van der Waals surface area contributed by atoms with Crippen LogP contribution in [-0.4, -0.2) is 37.1 Å². The Balaban J connectivity index is 1.83. The van der Waals surface area contributed by atoms with Gasteiger partial charge in [-0.3, -0.25) is 0 Å². The van der Waals surface area contributed by atoms with E-state index in [0.717, 1.165) is 45.5 Å². The molecule has 0 spiro atoms. The molecule has 2 aliphatic heterocycles. The highest BCUT2D eigenvalue weighted by Crippen LogP contribution is 2.27. The van der Waals surface area contributed by atoms with Crippen molar-refractivity contribution in [3.63, 3.8) is 0 Å². The Morgan fingerprint density at radius 1 is 1.00 bits per heavy atom. The second kappa shape index (κ2) is 4.40. The van der Waals surface area contributed by atoms with E-state index in [1.54, 1.807) is 0 Å². The fraction of sp³-hybridized carbons (Fsp3) is 1.00. The maximum atomic E-state index is 9.50. The summed E-state index contributed by atoms with van der Waals surface area (Å²) in [6.45, 7) is 2.45.